The van der Waals surface area contributed by atoms with Crippen molar-refractivity contribution in [2.24, 2.45) is 0 Å². The summed E-state index contributed by atoms with van der Waals surface area (Å²) in [6.07, 6.45) is 0. The molecule has 0 radical (unpaired) electrons. The van der Waals surface area contributed by atoms with Crippen LogP contribution in [0.25, 0.3) is 108 Å². The molecular formula is C51H31N3S2. The summed E-state index contributed by atoms with van der Waals surface area (Å²) in [6, 6.07) is 2.80. The first-order chi connectivity index (χ1) is 36.5. The number of hydrogen-bond acceptors (Lipinski definition) is 5. The van der Waals surface area contributed by atoms with E-state index in [1.165, 1.54) is 0 Å². The first-order valence-electron chi connectivity index (χ1n) is 27.5. The fourth-order valence-corrected chi connectivity index (χ4v) is 8.28. The SMILES string of the molecule is [2H]c1c([2H])c([2H])c(-c2c([2H])c([2H])c(-c3c([2H])c(-c4c([2H])c([2H])c5sc6c([2H])c(-c7nc(-c8ccccc8)nc(-c8ccccc8)n7)c([2H])c([2H])c6c5c4[2H])c4sc5c([2H])c([2H])c([2H])c([2H])c5c4c3[2H])c([2H])c2[2H])c([2H])c1[2H]. The van der Waals surface area contributed by atoms with Crippen LogP contribution in [0.15, 0.2) is 188 Å². The summed E-state index contributed by atoms with van der Waals surface area (Å²) in [6.45, 7) is 0. The van der Waals surface area contributed by atoms with Crippen LogP contribution < -0.4 is 0 Å². The van der Waals surface area contributed by atoms with Crippen LogP contribution in [0.3, 0.4) is 0 Å². The topological polar surface area (TPSA) is 38.7 Å². The molecule has 0 spiro atoms. The van der Waals surface area contributed by atoms with Crippen LogP contribution in [0.4, 0.5) is 0 Å². The molecule has 3 heterocycles. The van der Waals surface area contributed by atoms with Gasteiger partial charge in [-0.3, -0.25) is 0 Å². The number of fused-ring (bicyclic) bond motifs is 6. The van der Waals surface area contributed by atoms with Gasteiger partial charge in [-0.25, -0.2) is 15.0 Å². The minimum absolute atomic E-state index is 0.0179. The lowest BCUT2D eigenvalue weighted by Crippen LogP contribution is -1.99. The van der Waals surface area contributed by atoms with Gasteiger partial charge in [-0.1, -0.05) is 151 Å². The second-order valence-electron chi connectivity index (χ2n) is 12.3. The van der Waals surface area contributed by atoms with Crippen molar-refractivity contribution < 1.29 is 28.8 Å². The van der Waals surface area contributed by atoms with Crippen LogP contribution in [0.2, 0.25) is 0 Å². The molecular weight excluding hydrogens is 719 g/mol. The van der Waals surface area contributed by atoms with Gasteiger partial charge in [-0.15, -0.1) is 22.7 Å². The molecule has 0 unspecified atom stereocenters. The van der Waals surface area contributed by atoms with E-state index < -0.39 is 154 Å². The normalized spacial score (nSPS) is 16.8. The number of rotatable bonds is 6. The second-order valence-corrected chi connectivity index (χ2v) is 14.4. The molecule has 0 saturated heterocycles. The minimum Gasteiger partial charge on any atom is -0.208 e. The number of aromatic nitrogens is 3. The van der Waals surface area contributed by atoms with Crippen molar-refractivity contribution >= 4 is 63.0 Å². The molecule has 3 aromatic heterocycles. The van der Waals surface area contributed by atoms with Crippen LogP contribution in [0.1, 0.15) is 28.8 Å². The average Bonchev–Trinajstić information content (AvgIpc) is 4.28. The van der Waals surface area contributed by atoms with E-state index >= 15 is 0 Å². The van der Waals surface area contributed by atoms with Crippen molar-refractivity contribution in [3.63, 3.8) is 0 Å². The van der Waals surface area contributed by atoms with Gasteiger partial charge in [0.25, 0.3) is 0 Å². The van der Waals surface area contributed by atoms with Gasteiger partial charge in [0.05, 0.1) is 28.8 Å². The van der Waals surface area contributed by atoms with Gasteiger partial charge in [0.15, 0.2) is 17.5 Å². The standard InChI is InChI=1S/C51H31N3S2/c1-4-12-32(13-5-1)33-20-22-34(23-21-33)39-29-42(48-44(30-39)40-18-10-11-19-45(40)56-48)37-25-27-46-43(28-37)41-26-24-38(31-47(41)55-46)51-53-49(35-14-6-2-7-15-35)52-50(54-51)36-16-8-3-9-17-36/h1-31H/i1D,4D,5D,10D,11D,12D,13D,18D,19D,20D,21D,22D,23D,24D,25D,26D,27D,28D,29D,30D,31D. The molecule has 8 aromatic carbocycles. The maximum Gasteiger partial charge on any atom is 0.164 e. The van der Waals surface area contributed by atoms with E-state index in [1.807, 2.05) is 12.1 Å². The molecule has 11 aromatic rings. The lowest BCUT2D eigenvalue weighted by atomic mass is 9.94. The number of nitrogens with zero attached hydrogens (tertiary/aromatic N) is 3. The number of benzene rings is 8. The van der Waals surface area contributed by atoms with Gasteiger partial charge < -0.3 is 0 Å². The van der Waals surface area contributed by atoms with Gasteiger partial charge in [0, 0.05) is 62.6 Å². The van der Waals surface area contributed by atoms with Crippen molar-refractivity contribution in [3.05, 3.63) is 188 Å². The Morgan fingerprint density at radius 3 is 1.59 bits per heavy atom. The van der Waals surface area contributed by atoms with Gasteiger partial charge in [0.1, 0.15) is 0 Å². The van der Waals surface area contributed by atoms with E-state index in [1.54, 1.807) is 48.5 Å². The summed E-state index contributed by atoms with van der Waals surface area (Å²) in [5.74, 6) is 0.312. The zero-order chi connectivity index (χ0) is 55.3. The predicted molar refractivity (Wildman–Crippen MR) is 238 cm³/mol. The zero-order valence-electron chi connectivity index (χ0n) is 49.4. The monoisotopic (exact) mass is 770 g/mol. The minimum atomic E-state index is -0.940. The first kappa shape index (κ1) is 17.8. The average molecular weight is 771 g/mol. The molecule has 56 heavy (non-hydrogen) atoms. The molecule has 0 fully saturated rings. The first-order valence-corrected chi connectivity index (χ1v) is 18.6. The summed E-state index contributed by atoms with van der Waals surface area (Å²) in [7, 11) is 0. The molecule has 0 amide bonds. The van der Waals surface area contributed by atoms with E-state index in [4.69, 9.17) is 20.1 Å². The van der Waals surface area contributed by atoms with Gasteiger partial charge >= 0.3 is 0 Å². The third kappa shape index (κ3) is 5.77. The quantitative estimate of drug-likeness (QED) is 0.169. The Balaban J connectivity index is 1.24. The van der Waals surface area contributed by atoms with E-state index in [-0.39, 0.29) is 69.4 Å². The molecule has 0 aliphatic carbocycles. The Hall–Kier alpha value is -6.79. The third-order valence-corrected chi connectivity index (χ3v) is 11.0. The lowest BCUT2D eigenvalue weighted by molar-refractivity contribution is 1.07. The molecule has 0 bridgehead atoms. The Kier molecular flexibility index (Phi) is 4.29. The van der Waals surface area contributed by atoms with Crippen LogP contribution in [0.5, 0.6) is 0 Å². The Labute approximate surface area is 361 Å². The molecule has 0 aliphatic rings. The van der Waals surface area contributed by atoms with E-state index in [9.17, 15) is 13.7 Å². The largest absolute Gasteiger partial charge is 0.208 e. The molecule has 262 valence electrons. The molecule has 3 nitrogen and oxygen atoms in total. The fraction of sp³-hybridized carbons (Fsp3) is 0. The number of thiophene rings is 2. The van der Waals surface area contributed by atoms with Crippen LogP contribution >= 0.6 is 22.7 Å². The van der Waals surface area contributed by atoms with Crippen molar-refractivity contribution in [1.82, 2.24) is 15.0 Å². The smallest absolute Gasteiger partial charge is 0.164 e. The van der Waals surface area contributed by atoms with E-state index in [0.717, 1.165) is 11.3 Å². The highest BCUT2D eigenvalue weighted by molar-refractivity contribution is 7.26. The van der Waals surface area contributed by atoms with Gasteiger partial charge in [0.2, 0.25) is 0 Å². The maximum atomic E-state index is 9.96. The second kappa shape index (κ2) is 13.5. The van der Waals surface area contributed by atoms with Crippen LogP contribution in [-0.2, 0) is 0 Å². The highest BCUT2D eigenvalue weighted by atomic mass is 32.1. The summed E-state index contributed by atoms with van der Waals surface area (Å²) in [5, 5.41) is -0.849. The molecule has 0 N–H and O–H groups in total. The summed E-state index contributed by atoms with van der Waals surface area (Å²) in [5.41, 5.74) is -2.62. The van der Waals surface area contributed by atoms with Crippen molar-refractivity contribution in [3.8, 4) is 67.5 Å². The van der Waals surface area contributed by atoms with E-state index in [2.05, 4.69) is 9.97 Å². The van der Waals surface area contributed by atoms with Gasteiger partial charge in [-0.2, -0.15) is 0 Å². The van der Waals surface area contributed by atoms with Gasteiger partial charge in [-0.05, 0) is 64.1 Å². The Morgan fingerprint density at radius 1 is 0.339 bits per heavy atom. The summed E-state index contributed by atoms with van der Waals surface area (Å²) < 4.78 is 191. The van der Waals surface area contributed by atoms with Crippen LogP contribution in [-0.4, -0.2) is 15.0 Å². The molecule has 0 atom stereocenters. The maximum absolute atomic E-state index is 9.96. The number of hydrogen-bond donors (Lipinski definition) is 0. The summed E-state index contributed by atoms with van der Waals surface area (Å²) in [4.78, 5) is 14.1. The third-order valence-electron chi connectivity index (χ3n) is 8.87. The zero-order valence-corrected chi connectivity index (χ0v) is 30.1. The molecule has 0 aliphatic heterocycles. The lowest BCUT2D eigenvalue weighted by Gasteiger charge is -2.10. The molecule has 5 heteroatoms. The van der Waals surface area contributed by atoms with Crippen molar-refractivity contribution in [1.29, 1.82) is 0 Å². The Morgan fingerprint density at radius 2 is 0.875 bits per heavy atom. The van der Waals surface area contributed by atoms with E-state index in [0.29, 0.717) is 22.5 Å². The highest BCUT2D eigenvalue weighted by Crippen LogP contribution is 2.45. The molecule has 0 saturated carbocycles. The highest BCUT2D eigenvalue weighted by Gasteiger charge is 2.17. The van der Waals surface area contributed by atoms with Crippen molar-refractivity contribution in [2.45, 2.75) is 0 Å². The van der Waals surface area contributed by atoms with Crippen molar-refractivity contribution in [2.75, 3.05) is 0 Å². The summed E-state index contributed by atoms with van der Waals surface area (Å²) >= 11 is 1.49. The molecule has 11 rings (SSSR count). The predicted octanol–water partition coefficient (Wildman–Crippen LogP) is 14.6. The van der Waals surface area contributed by atoms with Crippen LogP contribution in [0, 0.1) is 0 Å². The fourth-order valence-electron chi connectivity index (χ4n) is 6.24. The Bertz CT molecular complexity index is 4350.